The van der Waals surface area contributed by atoms with E-state index in [2.05, 4.69) is 29.1 Å². The lowest BCUT2D eigenvalue weighted by Crippen LogP contribution is -2.41. The van der Waals surface area contributed by atoms with Gasteiger partial charge in [-0.1, -0.05) is 56.3 Å². The number of morpholine rings is 1. The number of anilines is 1. The minimum atomic E-state index is -0.368. The standard InChI is InChI=1S/C21H25N3O2/c1-16(2)17-8-10-19(11-9-17)22-21(25)23-20(18-6-4-3-5-7-18)24-12-14-26-15-13-24/h3-11,16H,12-15H2,1-2H3,(H,22,25). The molecule has 0 spiro atoms. The summed E-state index contributed by atoms with van der Waals surface area (Å²) in [4.78, 5) is 19.0. The van der Waals surface area contributed by atoms with Crippen molar-refractivity contribution in [2.45, 2.75) is 19.8 Å². The van der Waals surface area contributed by atoms with Gasteiger partial charge in [-0.15, -0.1) is 0 Å². The molecule has 1 saturated heterocycles. The fraction of sp³-hybridized carbons (Fsp3) is 0.333. The summed E-state index contributed by atoms with van der Waals surface area (Å²) in [5.41, 5.74) is 2.92. The summed E-state index contributed by atoms with van der Waals surface area (Å²) in [5, 5.41) is 2.86. The number of carbonyl (C=O) groups is 1. The summed E-state index contributed by atoms with van der Waals surface area (Å²) in [6, 6.07) is 17.3. The van der Waals surface area contributed by atoms with E-state index in [0.717, 1.165) is 24.3 Å². The predicted molar refractivity (Wildman–Crippen MR) is 105 cm³/mol. The molecule has 1 aliphatic rings. The SMILES string of the molecule is CC(C)c1ccc(NC(=O)N=C(c2ccccc2)N2CCOCC2)cc1. The van der Waals surface area contributed by atoms with E-state index in [0.29, 0.717) is 25.0 Å². The zero-order chi connectivity index (χ0) is 18.4. The van der Waals surface area contributed by atoms with E-state index < -0.39 is 0 Å². The molecule has 1 fully saturated rings. The second-order valence-corrected chi connectivity index (χ2v) is 6.61. The Bertz CT molecular complexity index is 749. The first kappa shape index (κ1) is 18.1. The molecule has 2 amide bonds. The highest BCUT2D eigenvalue weighted by atomic mass is 16.5. The van der Waals surface area contributed by atoms with Crippen molar-refractivity contribution >= 4 is 17.6 Å². The van der Waals surface area contributed by atoms with E-state index in [-0.39, 0.29) is 6.03 Å². The normalized spacial score (nSPS) is 15.2. The van der Waals surface area contributed by atoms with E-state index in [4.69, 9.17) is 4.74 Å². The molecular weight excluding hydrogens is 326 g/mol. The number of carbonyl (C=O) groups excluding carboxylic acids is 1. The van der Waals surface area contributed by atoms with Crippen molar-refractivity contribution in [3.63, 3.8) is 0 Å². The van der Waals surface area contributed by atoms with E-state index >= 15 is 0 Å². The molecule has 0 aromatic heterocycles. The minimum Gasteiger partial charge on any atom is -0.378 e. The van der Waals surface area contributed by atoms with Crippen LogP contribution >= 0.6 is 0 Å². The van der Waals surface area contributed by atoms with Gasteiger partial charge >= 0.3 is 6.03 Å². The number of amidine groups is 1. The summed E-state index contributed by atoms with van der Waals surface area (Å²) in [5.74, 6) is 1.15. The van der Waals surface area contributed by atoms with Crippen molar-refractivity contribution in [1.82, 2.24) is 4.90 Å². The van der Waals surface area contributed by atoms with Crippen molar-refractivity contribution in [3.8, 4) is 0 Å². The van der Waals surface area contributed by atoms with E-state index in [1.807, 2.05) is 54.6 Å². The highest BCUT2D eigenvalue weighted by molar-refractivity contribution is 6.07. The Morgan fingerprint density at radius 1 is 1.04 bits per heavy atom. The zero-order valence-corrected chi connectivity index (χ0v) is 15.3. The summed E-state index contributed by atoms with van der Waals surface area (Å²) in [6.07, 6.45) is 0. The quantitative estimate of drug-likeness (QED) is 0.668. The van der Waals surface area contributed by atoms with Gasteiger partial charge in [0, 0.05) is 24.3 Å². The Morgan fingerprint density at radius 3 is 2.31 bits per heavy atom. The first-order valence-electron chi connectivity index (χ1n) is 9.01. The van der Waals surface area contributed by atoms with Crippen LogP contribution in [0.15, 0.2) is 59.6 Å². The molecule has 2 aromatic carbocycles. The van der Waals surface area contributed by atoms with Crippen LogP contribution in [-0.4, -0.2) is 43.1 Å². The van der Waals surface area contributed by atoms with Crippen LogP contribution < -0.4 is 5.32 Å². The lowest BCUT2D eigenvalue weighted by molar-refractivity contribution is 0.0682. The Balaban J connectivity index is 1.78. The summed E-state index contributed by atoms with van der Waals surface area (Å²) >= 11 is 0. The highest BCUT2D eigenvalue weighted by Gasteiger charge is 2.18. The molecule has 5 nitrogen and oxygen atoms in total. The van der Waals surface area contributed by atoms with E-state index in [9.17, 15) is 4.79 Å². The average molecular weight is 351 g/mol. The van der Waals surface area contributed by atoms with E-state index in [1.54, 1.807) is 0 Å². The maximum absolute atomic E-state index is 12.5. The maximum Gasteiger partial charge on any atom is 0.347 e. The molecule has 26 heavy (non-hydrogen) atoms. The van der Waals surface area contributed by atoms with Gasteiger partial charge in [-0.05, 0) is 23.6 Å². The predicted octanol–water partition coefficient (Wildman–Crippen LogP) is 4.12. The maximum atomic E-state index is 12.5. The first-order valence-corrected chi connectivity index (χ1v) is 9.01. The Kier molecular flexibility index (Phi) is 6.02. The van der Waals surface area contributed by atoms with Gasteiger partial charge < -0.3 is 15.0 Å². The number of rotatable bonds is 3. The molecule has 0 saturated carbocycles. The number of amides is 2. The summed E-state index contributed by atoms with van der Waals surface area (Å²) < 4.78 is 5.42. The van der Waals surface area contributed by atoms with Gasteiger partial charge in [0.25, 0.3) is 0 Å². The Hall–Kier alpha value is -2.66. The molecule has 0 aliphatic carbocycles. The monoisotopic (exact) mass is 351 g/mol. The highest BCUT2D eigenvalue weighted by Crippen LogP contribution is 2.17. The third-order valence-corrected chi connectivity index (χ3v) is 4.38. The average Bonchev–Trinajstić information content (AvgIpc) is 2.68. The molecular formula is C21H25N3O2. The number of benzene rings is 2. The third kappa shape index (κ3) is 4.70. The zero-order valence-electron chi connectivity index (χ0n) is 15.3. The number of ether oxygens (including phenoxy) is 1. The largest absolute Gasteiger partial charge is 0.378 e. The number of hydrogen-bond donors (Lipinski definition) is 1. The molecule has 136 valence electrons. The van der Waals surface area contributed by atoms with Crippen LogP contribution in [0.5, 0.6) is 0 Å². The van der Waals surface area contributed by atoms with Crippen LogP contribution in [0.25, 0.3) is 0 Å². The van der Waals surface area contributed by atoms with Crippen molar-refractivity contribution in [3.05, 3.63) is 65.7 Å². The van der Waals surface area contributed by atoms with Gasteiger partial charge in [0.05, 0.1) is 13.2 Å². The molecule has 5 heteroatoms. The van der Waals surface area contributed by atoms with Gasteiger partial charge in [0.2, 0.25) is 0 Å². The van der Waals surface area contributed by atoms with Crippen molar-refractivity contribution in [2.24, 2.45) is 4.99 Å². The van der Waals surface area contributed by atoms with Crippen LogP contribution in [0, 0.1) is 0 Å². The van der Waals surface area contributed by atoms with Gasteiger partial charge in [0.15, 0.2) is 0 Å². The number of nitrogens with one attached hydrogen (secondary N) is 1. The van der Waals surface area contributed by atoms with Crippen LogP contribution in [0.1, 0.15) is 30.9 Å². The van der Waals surface area contributed by atoms with Gasteiger partial charge in [-0.3, -0.25) is 0 Å². The third-order valence-electron chi connectivity index (χ3n) is 4.38. The van der Waals surface area contributed by atoms with Crippen LogP contribution in [0.4, 0.5) is 10.5 Å². The van der Waals surface area contributed by atoms with Crippen molar-refractivity contribution in [1.29, 1.82) is 0 Å². The topological polar surface area (TPSA) is 53.9 Å². The second-order valence-electron chi connectivity index (χ2n) is 6.61. The molecule has 0 bridgehead atoms. The molecule has 3 rings (SSSR count). The van der Waals surface area contributed by atoms with Crippen LogP contribution in [-0.2, 0) is 4.74 Å². The first-order chi connectivity index (χ1) is 12.6. The van der Waals surface area contributed by atoms with Crippen molar-refractivity contribution in [2.75, 3.05) is 31.6 Å². The van der Waals surface area contributed by atoms with Gasteiger partial charge in [-0.2, -0.15) is 4.99 Å². The van der Waals surface area contributed by atoms with Crippen LogP contribution in [0.2, 0.25) is 0 Å². The fourth-order valence-corrected chi connectivity index (χ4v) is 2.88. The summed E-state index contributed by atoms with van der Waals surface area (Å²) in [6.45, 7) is 7.03. The molecule has 0 radical (unpaired) electrons. The van der Waals surface area contributed by atoms with Crippen LogP contribution in [0.3, 0.4) is 0 Å². The molecule has 1 aliphatic heterocycles. The fourth-order valence-electron chi connectivity index (χ4n) is 2.88. The minimum absolute atomic E-state index is 0.368. The Labute approximate surface area is 154 Å². The van der Waals surface area contributed by atoms with Gasteiger partial charge in [-0.25, -0.2) is 4.79 Å². The summed E-state index contributed by atoms with van der Waals surface area (Å²) in [7, 11) is 0. The van der Waals surface area contributed by atoms with Gasteiger partial charge in [0.1, 0.15) is 5.84 Å². The molecule has 0 atom stereocenters. The molecule has 2 aromatic rings. The number of aliphatic imine (C=N–C) groups is 1. The lowest BCUT2D eigenvalue weighted by atomic mass is 10.0. The molecule has 1 heterocycles. The number of urea groups is 1. The lowest BCUT2D eigenvalue weighted by Gasteiger charge is -2.29. The number of hydrogen-bond acceptors (Lipinski definition) is 2. The molecule has 1 N–H and O–H groups in total. The van der Waals surface area contributed by atoms with E-state index in [1.165, 1.54) is 5.56 Å². The Morgan fingerprint density at radius 2 is 1.69 bits per heavy atom. The molecule has 0 unspecified atom stereocenters. The van der Waals surface area contributed by atoms with Crippen molar-refractivity contribution < 1.29 is 9.53 Å². The number of nitrogens with zero attached hydrogens (tertiary/aromatic N) is 2. The smallest absolute Gasteiger partial charge is 0.347 e. The second kappa shape index (κ2) is 8.63.